The molecule has 2 aromatic rings. The Morgan fingerprint density at radius 1 is 0.824 bits per heavy atom. The molecular weight excluding hydrogens is 206 g/mol. The van der Waals surface area contributed by atoms with Crippen molar-refractivity contribution in [1.82, 2.24) is 0 Å². The van der Waals surface area contributed by atoms with E-state index >= 15 is 0 Å². The summed E-state index contributed by atoms with van der Waals surface area (Å²) >= 11 is 0. The maximum Gasteiger partial charge on any atom is 0.0662 e. The second-order valence-corrected chi connectivity index (χ2v) is 4.22. The molecule has 84 valence electrons. The first-order chi connectivity index (χ1) is 8.33. The molecule has 0 amide bonds. The van der Waals surface area contributed by atoms with E-state index in [0.717, 1.165) is 0 Å². The van der Waals surface area contributed by atoms with Crippen molar-refractivity contribution >= 4 is 0 Å². The van der Waals surface area contributed by atoms with Gasteiger partial charge in [0, 0.05) is 5.92 Å². The van der Waals surface area contributed by atoms with Crippen molar-refractivity contribution in [3.05, 3.63) is 71.8 Å². The van der Waals surface area contributed by atoms with Crippen LogP contribution in [0.1, 0.15) is 24.0 Å². The first-order valence-corrected chi connectivity index (χ1v) is 5.82. The molecule has 0 aliphatic rings. The molecular formula is C16H15N. The Balaban J connectivity index is 2.44. The van der Waals surface area contributed by atoms with Crippen molar-refractivity contribution in [3.8, 4) is 6.07 Å². The van der Waals surface area contributed by atoms with E-state index in [9.17, 15) is 5.26 Å². The van der Waals surface area contributed by atoms with Gasteiger partial charge in [-0.1, -0.05) is 60.7 Å². The van der Waals surface area contributed by atoms with E-state index in [4.69, 9.17) is 0 Å². The van der Waals surface area contributed by atoms with Gasteiger partial charge in [0.25, 0.3) is 0 Å². The van der Waals surface area contributed by atoms with Crippen LogP contribution in [0.3, 0.4) is 0 Å². The fourth-order valence-electron chi connectivity index (χ4n) is 2.17. The highest BCUT2D eigenvalue weighted by Crippen LogP contribution is 2.31. The van der Waals surface area contributed by atoms with Gasteiger partial charge in [-0.25, -0.2) is 0 Å². The van der Waals surface area contributed by atoms with Crippen LogP contribution in [-0.4, -0.2) is 0 Å². The number of benzene rings is 2. The zero-order chi connectivity index (χ0) is 12.1. The smallest absolute Gasteiger partial charge is 0.0662 e. The highest BCUT2D eigenvalue weighted by atomic mass is 14.3. The summed E-state index contributed by atoms with van der Waals surface area (Å²) in [6.07, 6.45) is 0. The van der Waals surface area contributed by atoms with Crippen molar-refractivity contribution < 1.29 is 0 Å². The summed E-state index contributed by atoms with van der Waals surface area (Å²) in [5, 5.41) is 9.18. The average molecular weight is 221 g/mol. The van der Waals surface area contributed by atoms with Crippen LogP contribution >= 0.6 is 0 Å². The third kappa shape index (κ3) is 2.54. The van der Waals surface area contributed by atoms with E-state index in [0.29, 0.717) is 0 Å². The Bertz CT molecular complexity index is 457. The molecule has 1 heteroatoms. The summed E-state index contributed by atoms with van der Waals surface area (Å²) < 4.78 is 0. The molecule has 0 fully saturated rings. The molecule has 0 radical (unpaired) electrons. The van der Waals surface area contributed by atoms with Crippen LogP contribution in [0, 0.1) is 17.2 Å². The third-order valence-corrected chi connectivity index (χ3v) is 3.02. The number of rotatable bonds is 3. The zero-order valence-electron chi connectivity index (χ0n) is 9.88. The standard InChI is InChI=1S/C16H15N/c1-13(12-17)16(14-8-4-2-5-9-14)15-10-6-3-7-11-15/h2-11,13,16H,1H3. The Labute approximate surface area is 102 Å². The van der Waals surface area contributed by atoms with Gasteiger partial charge in [0.1, 0.15) is 0 Å². The third-order valence-electron chi connectivity index (χ3n) is 3.02. The van der Waals surface area contributed by atoms with Crippen molar-refractivity contribution in [2.45, 2.75) is 12.8 Å². The van der Waals surface area contributed by atoms with E-state index in [-0.39, 0.29) is 11.8 Å². The predicted octanol–water partition coefficient (Wildman–Crippen LogP) is 3.98. The quantitative estimate of drug-likeness (QED) is 0.769. The Kier molecular flexibility index (Phi) is 3.57. The Hall–Kier alpha value is -2.07. The van der Waals surface area contributed by atoms with Crippen molar-refractivity contribution in [3.63, 3.8) is 0 Å². The first kappa shape index (κ1) is 11.4. The molecule has 0 saturated carbocycles. The molecule has 1 unspecified atom stereocenters. The minimum Gasteiger partial charge on any atom is -0.198 e. The lowest BCUT2D eigenvalue weighted by Crippen LogP contribution is -2.09. The molecule has 0 aromatic heterocycles. The monoisotopic (exact) mass is 221 g/mol. The maximum atomic E-state index is 9.18. The Morgan fingerprint density at radius 2 is 1.24 bits per heavy atom. The van der Waals surface area contributed by atoms with Gasteiger partial charge in [0.05, 0.1) is 12.0 Å². The van der Waals surface area contributed by atoms with Crippen LogP contribution in [0.15, 0.2) is 60.7 Å². The second kappa shape index (κ2) is 5.32. The highest BCUT2D eigenvalue weighted by Gasteiger charge is 2.20. The van der Waals surface area contributed by atoms with Crippen molar-refractivity contribution in [1.29, 1.82) is 5.26 Å². The zero-order valence-corrected chi connectivity index (χ0v) is 9.88. The molecule has 0 spiro atoms. The summed E-state index contributed by atoms with van der Waals surface area (Å²) in [5.41, 5.74) is 2.40. The van der Waals surface area contributed by atoms with Crippen LogP contribution in [0.2, 0.25) is 0 Å². The molecule has 0 bridgehead atoms. The number of hydrogen-bond donors (Lipinski definition) is 0. The van der Waals surface area contributed by atoms with Crippen molar-refractivity contribution in [2.24, 2.45) is 5.92 Å². The normalized spacial score (nSPS) is 12.1. The van der Waals surface area contributed by atoms with E-state index < -0.39 is 0 Å². The highest BCUT2D eigenvalue weighted by molar-refractivity contribution is 5.34. The molecule has 1 nitrogen and oxygen atoms in total. The largest absolute Gasteiger partial charge is 0.198 e. The molecule has 2 rings (SSSR count). The maximum absolute atomic E-state index is 9.18. The first-order valence-electron chi connectivity index (χ1n) is 5.82. The van der Waals surface area contributed by atoms with Gasteiger partial charge in [0.2, 0.25) is 0 Å². The van der Waals surface area contributed by atoms with Crippen LogP contribution in [-0.2, 0) is 0 Å². The van der Waals surface area contributed by atoms with Crippen LogP contribution in [0.25, 0.3) is 0 Å². The molecule has 2 aromatic carbocycles. The molecule has 17 heavy (non-hydrogen) atoms. The van der Waals surface area contributed by atoms with E-state index in [1.165, 1.54) is 11.1 Å². The number of hydrogen-bond acceptors (Lipinski definition) is 1. The average Bonchev–Trinajstić information content (AvgIpc) is 2.41. The van der Waals surface area contributed by atoms with Gasteiger partial charge in [-0.05, 0) is 18.1 Å². The lowest BCUT2D eigenvalue weighted by molar-refractivity contribution is 0.637. The molecule has 0 aliphatic carbocycles. The SMILES string of the molecule is CC(C#N)C(c1ccccc1)c1ccccc1. The van der Waals surface area contributed by atoms with Gasteiger partial charge in [-0.3, -0.25) is 0 Å². The van der Waals surface area contributed by atoms with Crippen LogP contribution in [0.5, 0.6) is 0 Å². The molecule has 0 aliphatic heterocycles. The van der Waals surface area contributed by atoms with E-state index in [1.807, 2.05) is 43.3 Å². The van der Waals surface area contributed by atoms with Crippen molar-refractivity contribution in [2.75, 3.05) is 0 Å². The molecule has 0 heterocycles. The molecule has 0 N–H and O–H groups in total. The van der Waals surface area contributed by atoms with Gasteiger partial charge in [-0.2, -0.15) is 5.26 Å². The summed E-state index contributed by atoms with van der Waals surface area (Å²) in [7, 11) is 0. The van der Waals surface area contributed by atoms with Gasteiger partial charge in [0.15, 0.2) is 0 Å². The summed E-state index contributed by atoms with van der Waals surface area (Å²) in [4.78, 5) is 0. The predicted molar refractivity (Wildman–Crippen MR) is 69.5 cm³/mol. The van der Waals surface area contributed by atoms with Crippen LogP contribution in [0.4, 0.5) is 0 Å². The van der Waals surface area contributed by atoms with Crippen LogP contribution < -0.4 is 0 Å². The topological polar surface area (TPSA) is 23.8 Å². The molecule has 0 saturated heterocycles. The fraction of sp³-hybridized carbons (Fsp3) is 0.188. The second-order valence-electron chi connectivity index (χ2n) is 4.22. The lowest BCUT2D eigenvalue weighted by atomic mass is 9.82. The van der Waals surface area contributed by atoms with Gasteiger partial charge >= 0.3 is 0 Å². The Morgan fingerprint density at radius 3 is 1.59 bits per heavy atom. The summed E-state index contributed by atoms with van der Waals surface area (Å²) in [6.45, 7) is 1.98. The van der Waals surface area contributed by atoms with E-state index in [1.54, 1.807) is 0 Å². The number of nitriles is 1. The molecule has 1 atom stereocenters. The van der Waals surface area contributed by atoms with E-state index in [2.05, 4.69) is 30.3 Å². The fourth-order valence-corrected chi connectivity index (χ4v) is 2.17. The van der Waals surface area contributed by atoms with Gasteiger partial charge < -0.3 is 0 Å². The van der Waals surface area contributed by atoms with Gasteiger partial charge in [-0.15, -0.1) is 0 Å². The minimum absolute atomic E-state index is 0.0280. The minimum atomic E-state index is -0.0280. The lowest BCUT2D eigenvalue weighted by Gasteiger charge is -2.20. The number of nitrogens with zero attached hydrogens (tertiary/aromatic N) is 1. The summed E-state index contributed by atoms with van der Waals surface area (Å²) in [6, 6.07) is 22.8. The summed E-state index contributed by atoms with van der Waals surface area (Å²) in [5.74, 6) is 0.127.